The summed E-state index contributed by atoms with van der Waals surface area (Å²) in [6.07, 6.45) is 2.72. The molecule has 1 amide bonds. The maximum Gasteiger partial charge on any atom is 0.267 e. The van der Waals surface area contributed by atoms with Crippen molar-refractivity contribution < 1.29 is 4.79 Å². The Labute approximate surface area is 59.5 Å². The van der Waals surface area contributed by atoms with E-state index >= 15 is 0 Å². The number of nitrogens with two attached hydrogens (primary N) is 1. The number of carbonyl (C=O) groups is 1. The van der Waals surface area contributed by atoms with Gasteiger partial charge in [-0.2, -0.15) is 5.10 Å². The van der Waals surface area contributed by atoms with Gasteiger partial charge in [0.2, 0.25) is 0 Å². The fourth-order valence-electron chi connectivity index (χ4n) is 0.958. The van der Waals surface area contributed by atoms with Crippen molar-refractivity contribution in [1.29, 1.82) is 0 Å². The van der Waals surface area contributed by atoms with Crippen molar-refractivity contribution in [2.75, 3.05) is 6.54 Å². The highest BCUT2D eigenvalue weighted by Crippen LogP contribution is 2.00. The van der Waals surface area contributed by atoms with Crippen molar-refractivity contribution in [3.05, 3.63) is 0 Å². The minimum atomic E-state index is -0.111. The zero-order chi connectivity index (χ0) is 7.40. The van der Waals surface area contributed by atoms with E-state index in [1.165, 1.54) is 0 Å². The molecule has 56 valence electrons. The lowest BCUT2D eigenvalue weighted by atomic mass is 10.2. The average Bonchev–Trinajstić information content (AvgIpc) is 2.13. The third kappa shape index (κ3) is 1.46. The maximum absolute atomic E-state index is 10.9. The van der Waals surface area contributed by atoms with Crippen LogP contribution in [-0.4, -0.2) is 18.2 Å². The minimum absolute atomic E-state index is 0.111. The number of hydrazone groups is 1. The van der Waals surface area contributed by atoms with E-state index in [-0.39, 0.29) is 5.91 Å². The van der Waals surface area contributed by atoms with Gasteiger partial charge in [-0.25, -0.2) is 0 Å². The number of rotatable bonds is 0. The summed E-state index contributed by atoms with van der Waals surface area (Å²) in [5, 5.41) is 6.09. The van der Waals surface area contributed by atoms with Gasteiger partial charge in [-0.05, 0) is 19.3 Å². The fourth-order valence-corrected chi connectivity index (χ4v) is 0.958. The number of nitrogens with one attached hydrogen (secondary N) is 1. The van der Waals surface area contributed by atoms with Gasteiger partial charge in [0.15, 0.2) is 0 Å². The Morgan fingerprint density at radius 3 is 3.00 bits per heavy atom. The quantitative estimate of drug-likeness (QED) is 0.356. The van der Waals surface area contributed by atoms with Gasteiger partial charge >= 0.3 is 0 Å². The van der Waals surface area contributed by atoms with Crippen LogP contribution in [0.5, 0.6) is 0 Å². The molecule has 0 radical (unpaired) electrons. The lowest BCUT2D eigenvalue weighted by molar-refractivity contribution is -0.114. The first-order valence-corrected chi connectivity index (χ1v) is 3.39. The van der Waals surface area contributed by atoms with Gasteiger partial charge in [0.25, 0.3) is 5.91 Å². The lowest BCUT2D eigenvalue weighted by Crippen LogP contribution is -2.29. The molecule has 0 unspecified atom stereocenters. The summed E-state index contributed by atoms with van der Waals surface area (Å²) in [7, 11) is 0. The molecular weight excluding hydrogens is 130 g/mol. The molecule has 0 atom stereocenters. The molecule has 0 aromatic carbocycles. The Balaban J connectivity index is 2.61. The van der Waals surface area contributed by atoms with E-state index in [1.807, 2.05) is 0 Å². The summed E-state index contributed by atoms with van der Waals surface area (Å²) >= 11 is 0. The molecule has 0 aliphatic carbocycles. The average molecular weight is 141 g/mol. The molecule has 10 heavy (non-hydrogen) atoms. The Morgan fingerprint density at radius 1 is 1.50 bits per heavy atom. The molecule has 3 N–H and O–H groups in total. The molecule has 1 fully saturated rings. The Kier molecular flexibility index (Phi) is 2.25. The van der Waals surface area contributed by atoms with Crippen molar-refractivity contribution in [2.24, 2.45) is 10.9 Å². The molecular formula is C6H11N3O. The molecule has 1 aliphatic heterocycles. The van der Waals surface area contributed by atoms with Gasteiger partial charge in [0.1, 0.15) is 5.71 Å². The molecule has 0 aromatic rings. The first kappa shape index (κ1) is 7.05. The minimum Gasteiger partial charge on any atom is -0.351 e. The van der Waals surface area contributed by atoms with Crippen molar-refractivity contribution in [3.63, 3.8) is 0 Å². The topological polar surface area (TPSA) is 67.5 Å². The predicted molar refractivity (Wildman–Crippen MR) is 38.5 cm³/mol. The number of hydrogen-bond acceptors (Lipinski definition) is 3. The molecule has 1 heterocycles. The number of amides is 1. The largest absolute Gasteiger partial charge is 0.351 e. The molecule has 1 aliphatic rings. The standard InChI is InChI=1S/C6H11N3O/c7-9-5-3-1-2-4-8-6(5)10/h1-4,7H2,(H,8,10)/b9-5+. The van der Waals surface area contributed by atoms with Crippen LogP contribution in [-0.2, 0) is 4.79 Å². The molecule has 1 saturated heterocycles. The predicted octanol–water partition coefficient (Wildman–Crippen LogP) is -0.399. The van der Waals surface area contributed by atoms with Crippen LogP contribution < -0.4 is 11.2 Å². The zero-order valence-corrected chi connectivity index (χ0v) is 5.76. The molecule has 4 nitrogen and oxygen atoms in total. The molecule has 0 aromatic heterocycles. The lowest BCUT2D eigenvalue weighted by Gasteiger charge is -1.97. The van der Waals surface area contributed by atoms with Crippen molar-refractivity contribution >= 4 is 11.6 Å². The first-order chi connectivity index (χ1) is 4.84. The van der Waals surface area contributed by atoms with Crippen LogP contribution in [0.2, 0.25) is 0 Å². The summed E-state index contributed by atoms with van der Waals surface area (Å²) in [6, 6.07) is 0. The van der Waals surface area contributed by atoms with E-state index in [0.717, 1.165) is 19.4 Å². The summed E-state index contributed by atoms with van der Waals surface area (Å²) in [6.45, 7) is 0.748. The van der Waals surface area contributed by atoms with Crippen LogP contribution in [0.15, 0.2) is 5.10 Å². The second-order valence-electron chi connectivity index (χ2n) is 2.29. The van der Waals surface area contributed by atoms with Crippen LogP contribution >= 0.6 is 0 Å². The van der Waals surface area contributed by atoms with E-state index in [9.17, 15) is 4.79 Å². The Hall–Kier alpha value is -1.06. The third-order valence-electron chi connectivity index (χ3n) is 1.54. The van der Waals surface area contributed by atoms with Gasteiger partial charge < -0.3 is 11.2 Å². The Morgan fingerprint density at radius 2 is 2.30 bits per heavy atom. The highest BCUT2D eigenvalue weighted by atomic mass is 16.1. The number of hydrogen-bond donors (Lipinski definition) is 2. The smallest absolute Gasteiger partial charge is 0.267 e. The van der Waals surface area contributed by atoms with E-state index in [1.54, 1.807) is 0 Å². The fraction of sp³-hybridized carbons (Fsp3) is 0.667. The van der Waals surface area contributed by atoms with Crippen molar-refractivity contribution in [3.8, 4) is 0 Å². The summed E-state index contributed by atoms with van der Waals surface area (Å²) in [4.78, 5) is 10.9. The Bertz CT molecular complexity index is 164. The maximum atomic E-state index is 10.9. The monoisotopic (exact) mass is 141 g/mol. The van der Waals surface area contributed by atoms with Gasteiger partial charge in [0.05, 0.1) is 0 Å². The zero-order valence-electron chi connectivity index (χ0n) is 5.76. The highest BCUT2D eigenvalue weighted by molar-refractivity contribution is 6.38. The van der Waals surface area contributed by atoms with E-state index in [4.69, 9.17) is 5.84 Å². The molecule has 0 bridgehead atoms. The van der Waals surface area contributed by atoms with E-state index < -0.39 is 0 Å². The molecule has 0 saturated carbocycles. The van der Waals surface area contributed by atoms with Gasteiger partial charge in [-0.1, -0.05) is 0 Å². The van der Waals surface area contributed by atoms with Crippen LogP contribution in [0.3, 0.4) is 0 Å². The second-order valence-corrected chi connectivity index (χ2v) is 2.29. The van der Waals surface area contributed by atoms with Gasteiger partial charge in [-0.3, -0.25) is 4.79 Å². The summed E-state index contributed by atoms with van der Waals surface area (Å²) in [5.41, 5.74) is 0.470. The number of nitrogens with zero attached hydrogens (tertiary/aromatic N) is 1. The van der Waals surface area contributed by atoms with E-state index in [2.05, 4.69) is 10.4 Å². The SMILES string of the molecule is N/N=C1\CCCCNC1=O. The van der Waals surface area contributed by atoms with Crippen molar-refractivity contribution in [2.45, 2.75) is 19.3 Å². The summed E-state index contributed by atoms with van der Waals surface area (Å²) < 4.78 is 0. The van der Waals surface area contributed by atoms with Crippen LogP contribution in [0.1, 0.15) is 19.3 Å². The molecule has 4 heteroatoms. The van der Waals surface area contributed by atoms with E-state index in [0.29, 0.717) is 12.1 Å². The first-order valence-electron chi connectivity index (χ1n) is 3.39. The van der Waals surface area contributed by atoms with Gasteiger partial charge in [-0.15, -0.1) is 0 Å². The second kappa shape index (κ2) is 3.20. The van der Waals surface area contributed by atoms with Gasteiger partial charge in [0, 0.05) is 6.54 Å². The highest BCUT2D eigenvalue weighted by Gasteiger charge is 2.13. The van der Waals surface area contributed by atoms with Crippen LogP contribution in [0, 0.1) is 0 Å². The normalized spacial score (nSPS) is 24.0. The van der Waals surface area contributed by atoms with Crippen LogP contribution in [0.25, 0.3) is 0 Å². The summed E-state index contributed by atoms with van der Waals surface area (Å²) in [5.74, 6) is 4.88. The molecule has 0 spiro atoms. The van der Waals surface area contributed by atoms with Crippen molar-refractivity contribution in [1.82, 2.24) is 5.32 Å². The number of carbonyl (C=O) groups excluding carboxylic acids is 1. The third-order valence-corrected chi connectivity index (χ3v) is 1.54. The van der Waals surface area contributed by atoms with Crippen LogP contribution in [0.4, 0.5) is 0 Å². The molecule has 1 rings (SSSR count).